The van der Waals surface area contributed by atoms with Gasteiger partial charge in [-0.05, 0) is 30.3 Å². The maximum absolute atomic E-state index is 12.9. The van der Waals surface area contributed by atoms with Gasteiger partial charge in [0.25, 0.3) is 0 Å². The summed E-state index contributed by atoms with van der Waals surface area (Å²) in [6.07, 6.45) is -0.443. The average molecular weight is 377 g/mol. The number of para-hydroxylation sites is 1. The van der Waals surface area contributed by atoms with Crippen LogP contribution >= 0.6 is 23.2 Å². The van der Waals surface area contributed by atoms with Crippen molar-refractivity contribution in [3.63, 3.8) is 0 Å². The van der Waals surface area contributed by atoms with Crippen molar-refractivity contribution in [1.82, 2.24) is 10.7 Å². The van der Waals surface area contributed by atoms with E-state index in [-0.39, 0.29) is 10.9 Å². The highest BCUT2D eigenvalue weighted by Crippen LogP contribution is 2.32. The van der Waals surface area contributed by atoms with Crippen LogP contribution < -0.4 is 20.7 Å². The lowest BCUT2D eigenvalue weighted by atomic mass is 10.0. The van der Waals surface area contributed by atoms with Crippen molar-refractivity contribution in [3.05, 3.63) is 58.6 Å². The Balaban J connectivity index is 1.64. The summed E-state index contributed by atoms with van der Waals surface area (Å²) in [6, 6.07) is 13.7. The monoisotopic (exact) mass is 376 g/mol. The second-order valence-corrected chi connectivity index (χ2v) is 6.66. The van der Waals surface area contributed by atoms with Crippen molar-refractivity contribution in [2.75, 3.05) is 16.5 Å². The van der Waals surface area contributed by atoms with E-state index in [2.05, 4.69) is 10.7 Å². The van der Waals surface area contributed by atoms with Crippen molar-refractivity contribution in [3.8, 4) is 0 Å². The smallest absolute Gasteiger partial charge is 0.315 e. The quantitative estimate of drug-likeness (QED) is 0.845. The number of imide groups is 1. The minimum atomic E-state index is -0.491. The number of nitrogens with one attached hydrogen (secondary N) is 2. The molecule has 2 atom stereocenters. The first-order chi connectivity index (χ1) is 12.1. The molecule has 2 unspecified atom stereocenters. The van der Waals surface area contributed by atoms with E-state index < -0.39 is 18.1 Å². The molecule has 4 rings (SSSR count). The average Bonchev–Trinajstić information content (AvgIpc) is 3.03. The third-order valence-corrected chi connectivity index (χ3v) is 5.09. The number of benzene rings is 2. The Morgan fingerprint density at radius 3 is 2.44 bits per heavy atom. The maximum atomic E-state index is 12.9. The summed E-state index contributed by atoms with van der Waals surface area (Å²) in [5.41, 5.74) is 4.46. The Hall–Kier alpha value is -2.28. The molecule has 25 heavy (non-hydrogen) atoms. The first-order valence-electron chi connectivity index (χ1n) is 7.73. The topological polar surface area (TPSA) is 64.7 Å². The zero-order valence-electron chi connectivity index (χ0n) is 12.9. The molecule has 128 valence electrons. The number of fused-ring (bicyclic) bond motifs is 1. The maximum Gasteiger partial charge on any atom is 0.330 e. The highest BCUT2D eigenvalue weighted by molar-refractivity contribution is 6.42. The highest BCUT2D eigenvalue weighted by Gasteiger charge is 2.48. The van der Waals surface area contributed by atoms with Crippen LogP contribution in [0, 0.1) is 5.92 Å². The molecular weight excluding hydrogens is 363 g/mol. The SMILES string of the molecule is O=C1NC2C(CNN2c2ccccc2)C(=O)N1c1ccc(Cl)c(Cl)c1. The molecule has 2 saturated heterocycles. The molecule has 0 saturated carbocycles. The van der Waals surface area contributed by atoms with Gasteiger partial charge in [-0.25, -0.2) is 15.1 Å². The fourth-order valence-electron chi connectivity index (χ4n) is 3.14. The molecule has 8 heteroatoms. The van der Waals surface area contributed by atoms with Crippen LogP contribution in [-0.4, -0.2) is 24.6 Å². The van der Waals surface area contributed by atoms with Gasteiger partial charge in [0, 0.05) is 6.54 Å². The molecule has 0 aromatic heterocycles. The highest BCUT2D eigenvalue weighted by atomic mass is 35.5. The largest absolute Gasteiger partial charge is 0.330 e. The molecular formula is C17H14Cl2N4O2. The third kappa shape index (κ3) is 2.72. The molecule has 6 nitrogen and oxygen atoms in total. The van der Waals surface area contributed by atoms with Gasteiger partial charge >= 0.3 is 6.03 Å². The summed E-state index contributed by atoms with van der Waals surface area (Å²) in [7, 11) is 0. The fourth-order valence-corrected chi connectivity index (χ4v) is 3.43. The lowest BCUT2D eigenvalue weighted by Gasteiger charge is -2.36. The molecule has 2 aromatic rings. The first kappa shape index (κ1) is 16.2. The number of hydrazine groups is 1. The summed E-state index contributed by atoms with van der Waals surface area (Å²) in [4.78, 5) is 26.6. The molecule has 2 heterocycles. The van der Waals surface area contributed by atoms with Crippen molar-refractivity contribution in [2.24, 2.45) is 5.92 Å². The van der Waals surface area contributed by atoms with E-state index in [9.17, 15) is 9.59 Å². The van der Waals surface area contributed by atoms with Crippen molar-refractivity contribution in [1.29, 1.82) is 0 Å². The number of amides is 3. The van der Waals surface area contributed by atoms with Crippen LogP contribution in [0.2, 0.25) is 10.0 Å². The van der Waals surface area contributed by atoms with E-state index in [4.69, 9.17) is 23.2 Å². The van der Waals surface area contributed by atoms with Crippen LogP contribution in [0.1, 0.15) is 0 Å². The van der Waals surface area contributed by atoms with Crippen molar-refractivity contribution < 1.29 is 9.59 Å². The second kappa shape index (κ2) is 6.22. The fraction of sp³-hybridized carbons (Fsp3) is 0.176. The lowest BCUT2D eigenvalue weighted by molar-refractivity contribution is -0.122. The van der Waals surface area contributed by atoms with Crippen LogP contribution in [0.15, 0.2) is 48.5 Å². The normalized spacial score (nSPS) is 22.8. The van der Waals surface area contributed by atoms with E-state index in [0.29, 0.717) is 17.3 Å². The molecule has 2 aliphatic heterocycles. The molecule has 2 aliphatic rings. The molecule has 0 aliphatic carbocycles. The zero-order chi connectivity index (χ0) is 17.6. The zero-order valence-corrected chi connectivity index (χ0v) is 14.5. The lowest BCUT2D eigenvalue weighted by Crippen LogP contribution is -2.63. The van der Waals surface area contributed by atoms with E-state index in [1.807, 2.05) is 35.3 Å². The van der Waals surface area contributed by atoms with Gasteiger partial charge in [-0.1, -0.05) is 41.4 Å². The summed E-state index contributed by atoms with van der Waals surface area (Å²) < 4.78 is 0. The number of urea groups is 1. The molecule has 2 N–H and O–H groups in total. The minimum Gasteiger partial charge on any atom is -0.315 e. The number of hydrogen-bond acceptors (Lipinski definition) is 4. The van der Waals surface area contributed by atoms with E-state index >= 15 is 0 Å². The number of anilines is 2. The Labute approximate surface area is 154 Å². The van der Waals surface area contributed by atoms with Gasteiger partial charge in [0.05, 0.1) is 27.3 Å². The Morgan fingerprint density at radius 1 is 0.960 bits per heavy atom. The number of halogens is 2. The molecule has 2 fully saturated rings. The molecule has 0 radical (unpaired) electrons. The van der Waals surface area contributed by atoms with Gasteiger partial charge in [-0.15, -0.1) is 0 Å². The van der Waals surface area contributed by atoms with Crippen LogP contribution in [0.3, 0.4) is 0 Å². The summed E-state index contributed by atoms with van der Waals surface area (Å²) >= 11 is 11.9. The van der Waals surface area contributed by atoms with Gasteiger partial charge in [0.1, 0.15) is 6.17 Å². The number of carbonyl (C=O) groups is 2. The Kier molecular flexibility index (Phi) is 4.03. The summed E-state index contributed by atoms with van der Waals surface area (Å²) in [5.74, 6) is -0.689. The van der Waals surface area contributed by atoms with Crippen LogP contribution in [-0.2, 0) is 4.79 Å². The van der Waals surface area contributed by atoms with Crippen LogP contribution in [0.25, 0.3) is 0 Å². The number of nitrogens with zero attached hydrogens (tertiary/aromatic N) is 2. The second-order valence-electron chi connectivity index (χ2n) is 5.84. The minimum absolute atomic E-state index is 0.280. The van der Waals surface area contributed by atoms with Gasteiger partial charge < -0.3 is 5.32 Å². The predicted octanol–water partition coefficient (Wildman–Crippen LogP) is 3.02. The first-order valence-corrected chi connectivity index (χ1v) is 8.49. The Morgan fingerprint density at radius 2 is 1.72 bits per heavy atom. The van der Waals surface area contributed by atoms with Crippen LogP contribution in [0.4, 0.5) is 16.2 Å². The molecule has 0 bridgehead atoms. The van der Waals surface area contributed by atoms with E-state index in [0.717, 1.165) is 10.6 Å². The van der Waals surface area contributed by atoms with Gasteiger partial charge in [0.2, 0.25) is 5.91 Å². The predicted molar refractivity (Wildman–Crippen MR) is 96.7 cm³/mol. The number of hydrogen-bond donors (Lipinski definition) is 2. The van der Waals surface area contributed by atoms with Gasteiger partial charge in [0.15, 0.2) is 0 Å². The molecule has 3 amide bonds. The summed E-state index contributed by atoms with van der Waals surface area (Å²) in [5, 5.41) is 5.36. The summed E-state index contributed by atoms with van der Waals surface area (Å²) in [6.45, 7) is 0.427. The Bertz CT molecular complexity index is 846. The molecule has 2 aromatic carbocycles. The van der Waals surface area contributed by atoms with Gasteiger partial charge in [-0.3, -0.25) is 9.80 Å². The molecule has 0 spiro atoms. The van der Waals surface area contributed by atoms with E-state index in [1.54, 1.807) is 12.1 Å². The van der Waals surface area contributed by atoms with Gasteiger partial charge in [-0.2, -0.15) is 0 Å². The standard InChI is InChI=1S/C17H14Cl2N4O2/c18-13-7-6-11(8-14(13)19)22-16(24)12-9-20-23(15(12)21-17(22)25)10-4-2-1-3-5-10/h1-8,12,15,20H,9H2,(H,21,25). The number of carbonyl (C=O) groups excluding carboxylic acids is 2. The van der Waals surface area contributed by atoms with Crippen molar-refractivity contribution in [2.45, 2.75) is 6.17 Å². The third-order valence-electron chi connectivity index (χ3n) is 4.35. The number of rotatable bonds is 2. The van der Waals surface area contributed by atoms with E-state index in [1.165, 1.54) is 6.07 Å². The van der Waals surface area contributed by atoms with Crippen molar-refractivity contribution >= 4 is 46.5 Å². The van der Waals surface area contributed by atoms with Crippen LogP contribution in [0.5, 0.6) is 0 Å².